The van der Waals surface area contributed by atoms with Crippen LogP contribution in [0.25, 0.3) is 0 Å². The fourth-order valence-electron chi connectivity index (χ4n) is 3.56. The van der Waals surface area contributed by atoms with Gasteiger partial charge in [-0.2, -0.15) is 0 Å². The second-order valence-electron chi connectivity index (χ2n) is 7.16. The van der Waals surface area contributed by atoms with Crippen molar-refractivity contribution in [3.05, 3.63) is 87.1 Å². The van der Waals surface area contributed by atoms with Gasteiger partial charge in [-0.3, -0.25) is 9.59 Å². The molecule has 0 saturated carbocycles. The third-order valence-corrected chi connectivity index (χ3v) is 6.30. The number of nitrogens with one attached hydrogen (secondary N) is 1. The zero-order valence-corrected chi connectivity index (χ0v) is 17.7. The third-order valence-electron chi connectivity index (χ3n) is 5.06. The number of amides is 2. The predicted molar refractivity (Wildman–Crippen MR) is 118 cm³/mol. The Morgan fingerprint density at radius 3 is 2.73 bits per heavy atom. The summed E-state index contributed by atoms with van der Waals surface area (Å²) in [4.78, 5) is 29.1. The van der Waals surface area contributed by atoms with Crippen LogP contribution in [0.2, 0.25) is 0 Å². The number of rotatable bonds is 6. The average Bonchev–Trinajstić information content (AvgIpc) is 3.21. The zero-order chi connectivity index (χ0) is 20.9. The van der Waals surface area contributed by atoms with Gasteiger partial charge < -0.3 is 15.0 Å². The lowest BCUT2D eigenvalue weighted by Crippen LogP contribution is -2.35. The van der Waals surface area contributed by atoms with Crippen molar-refractivity contribution >= 4 is 23.2 Å². The summed E-state index contributed by atoms with van der Waals surface area (Å²) in [5.74, 6) is 0.754. The Kier molecular flexibility index (Phi) is 6.14. The number of carbonyl (C=O) groups excluding carboxylic acids is 2. The molecule has 2 amide bonds. The summed E-state index contributed by atoms with van der Waals surface area (Å²) in [6.45, 7) is 4.22. The highest BCUT2D eigenvalue weighted by molar-refractivity contribution is 7.14. The molecule has 0 radical (unpaired) electrons. The molecule has 4 rings (SSSR count). The lowest BCUT2D eigenvalue weighted by molar-refractivity contribution is 0.0736. The van der Waals surface area contributed by atoms with Crippen molar-refractivity contribution in [2.24, 2.45) is 0 Å². The van der Waals surface area contributed by atoms with E-state index in [-0.39, 0.29) is 11.8 Å². The summed E-state index contributed by atoms with van der Waals surface area (Å²) < 4.78 is 5.51. The van der Waals surface area contributed by atoms with Crippen LogP contribution in [0, 0.1) is 0 Å². The molecule has 3 aromatic rings. The van der Waals surface area contributed by atoms with Gasteiger partial charge in [-0.15, -0.1) is 11.3 Å². The maximum absolute atomic E-state index is 12.7. The Morgan fingerprint density at radius 2 is 1.93 bits per heavy atom. The molecular weight excluding hydrogens is 396 g/mol. The summed E-state index contributed by atoms with van der Waals surface area (Å²) in [6.07, 6.45) is 0.780. The minimum Gasteiger partial charge on any atom is -0.494 e. The van der Waals surface area contributed by atoms with E-state index in [0.29, 0.717) is 36.7 Å². The van der Waals surface area contributed by atoms with Crippen LogP contribution in [-0.4, -0.2) is 29.9 Å². The van der Waals surface area contributed by atoms with E-state index in [2.05, 4.69) is 5.32 Å². The number of ether oxygens (including phenoxy) is 1. The molecule has 0 fully saturated rings. The van der Waals surface area contributed by atoms with Gasteiger partial charge in [-0.05, 0) is 54.8 Å². The van der Waals surface area contributed by atoms with Crippen molar-refractivity contribution in [2.45, 2.75) is 26.4 Å². The molecule has 0 spiro atoms. The van der Waals surface area contributed by atoms with Gasteiger partial charge >= 0.3 is 0 Å². The van der Waals surface area contributed by atoms with E-state index in [1.165, 1.54) is 16.2 Å². The molecule has 6 heteroatoms. The maximum atomic E-state index is 12.7. The van der Waals surface area contributed by atoms with Gasteiger partial charge in [0.25, 0.3) is 11.8 Å². The van der Waals surface area contributed by atoms with Crippen molar-refractivity contribution in [2.75, 3.05) is 13.2 Å². The Labute approximate surface area is 180 Å². The van der Waals surface area contributed by atoms with Crippen LogP contribution in [-0.2, 0) is 19.5 Å². The molecule has 0 atom stereocenters. The first-order valence-electron chi connectivity index (χ1n) is 10.1. The molecule has 30 heavy (non-hydrogen) atoms. The summed E-state index contributed by atoms with van der Waals surface area (Å²) in [6, 6.07) is 19.0. The van der Waals surface area contributed by atoms with Gasteiger partial charge in [0, 0.05) is 30.1 Å². The number of hydrogen-bond acceptors (Lipinski definition) is 4. The minimum absolute atomic E-state index is 0.0348. The zero-order valence-electron chi connectivity index (χ0n) is 16.9. The van der Waals surface area contributed by atoms with E-state index in [0.717, 1.165) is 23.3 Å². The molecule has 5 nitrogen and oxygen atoms in total. The topological polar surface area (TPSA) is 58.6 Å². The standard InChI is InChI=1S/C24H24N2O3S/c1-2-29-20-10-6-7-17(13-20)15-25-23(27)22-14-19-16-26(12-11-21(19)30-22)24(28)18-8-4-3-5-9-18/h3-10,13-14H,2,11-12,15-16H2,1H3,(H,25,27). The molecule has 1 aliphatic heterocycles. The van der Waals surface area contributed by atoms with Gasteiger partial charge in [0.2, 0.25) is 0 Å². The van der Waals surface area contributed by atoms with Crippen molar-refractivity contribution in [3.63, 3.8) is 0 Å². The quantitative estimate of drug-likeness (QED) is 0.648. The van der Waals surface area contributed by atoms with E-state index in [1.54, 1.807) is 0 Å². The van der Waals surface area contributed by atoms with Gasteiger partial charge in [0.15, 0.2) is 0 Å². The van der Waals surface area contributed by atoms with E-state index in [1.807, 2.05) is 72.5 Å². The fraction of sp³-hybridized carbons (Fsp3) is 0.250. The van der Waals surface area contributed by atoms with E-state index in [4.69, 9.17) is 4.74 Å². The van der Waals surface area contributed by atoms with Gasteiger partial charge in [-0.25, -0.2) is 0 Å². The molecule has 1 aromatic heterocycles. The molecule has 0 aliphatic carbocycles. The van der Waals surface area contributed by atoms with Crippen LogP contribution >= 0.6 is 11.3 Å². The fourth-order valence-corrected chi connectivity index (χ4v) is 4.64. The van der Waals surface area contributed by atoms with E-state index < -0.39 is 0 Å². The average molecular weight is 421 g/mol. The number of benzene rings is 2. The van der Waals surface area contributed by atoms with Crippen molar-refractivity contribution in [3.8, 4) is 5.75 Å². The summed E-state index contributed by atoms with van der Waals surface area (Å²) in [7, 11) is 0. The Bertz CT molecular complexity index is 1050. The highest BCUT2D eigenvalue weighted by atomic mass is 32.1. The van der Waals surface area contributed by atoms with Gasteiger partial charge in [0.1, 0.15) is 5.75 Å². The summed E-state index contributed by atoms with van der Waals surface area (Å²) in [5, 5.41) is 2.99. The molecule has 0 unspecified atom stereocenters. The highest BCUT2D eigenvalue weighted by Crippen LogP contribution is 2.29. The molecule has 1 N–H and O–H groups in total. The Morgan fingerprint density at radius 1 is 1.10 bits per heavy atom. The predicted octanol–water partition coefficient (Wildman–Crippen LogP) is 4.28. The van der Waals surface area contributed by atoms with Gasteiger partial charge in [0.05, 0.1) is 11.5 Å². The van der Waals surface area contributed by atoms with Crippen molar-refractivity contribution in [1.82, 2.24) is 10.2 Å². The SMILES string of the molecule is CCOc1cccc(CNC(=O)c2cc3c(s2)CCN(C(=O)c2ccccc2)C3)c1. The molecule has 2 aromatic carbocycles. The van der Waals surface area contributed by atoms with E-state index >= 15 is 0 Å². The molecule has 0 saturated heterocycles. The van der Waals surface area contributed by atoms with Crippen molar-refractivity contribution in [1.29, 1.82) is 0 Å². The first kappa shape index (κ1) is 20.2. The number of thiophene rings is 1. The smallest absolute Gasteiger partial charge is 0.261 e. The monoisotopic (exact) mass is 420 g/mol. The van der Waals surface area contributed by atoms with Crippen LogP contribution < -0.4 is 10.1 Å². The highest BCUT2D eigenvalue weighted by Gasteiger charge is 2.25. The van der Waals surface area contributed by atoms with Crippen LogP contribution in [0.3, 0.4) is 0 Å². The Hall–Kier alpha value is -3.12. The molecule has 2 heterocycles. The first-order valence-corrected chi connectivity index (χ1v) is 10.9. The van der Waals surface area contributed by atoms with Crippen LogP contribution in [0.1, 0.15) is 43.0 Å². The molecule has 154 valence electrons. The number of nitrogens with zero attached hydrogens (tertiary/aromatic N) is 1. The Balaban J connectivity index is 1.39. The molecule has 0 bridgehead atoms. The third kappa shape index (κ3) is 4.54. The number of carbonyl (C=O) groups is 2. The largest absolute Gasteiger partial charge is 0.494 e. The minimum atomic E-state index is -0.0860. The first-order chi connectivity index (χ1) is 14.6. The summed E-state index contributed by atoms with van der Waals surface area (Å²) >= 11 is 1.52. The van der Waals surface area contributed by atoms with Crippen molar-refractivity contribution < 1.29 is 14.3 Å². The number of hydrogen-bond donors (Lipinski definition) is 1. The second-order valence-corrected chi connectivity index (χ2v) is 8.30. The lowest BCUT2D eigenvalue weighted by atomic mass is 10.1. The van der Waals surface area contributed by atoms with Gasteiger partial charge in [-0.1, -0.05) is 30.3 Å². The normalized spacial score (nSPS) is 12.9. The maximum Gasteiger partial charge on any atom is 0.261 e. The van der Waals surface area contributed by atoms with Crippen LogP contribution in [0.5, 0.6) is 5.75 Å². The lowest BCUT2D eigenvalue weighted by Gasteiger charge is -2.27. The van der Waals surface area contributed by atoms with Crippen LogP contribution in [0.15, 0.2) is 60.7 Å². The van der Waals surface area contributed by atoms with Crippen LogP contribution in [0.4, 0.5) is 0 Å². The van der Waals surface area contributed by atoms with E-state index in [9.17, 15) is 9.59 Å². The summed E-state index contributed by atoms with van der Waals surface area (Å²) in [5.41, 5.74) is 2.76. The molecule has 1 aliphatic rings. The molecular formula is C24H24N2O3S. The second kappa shape index (κ2) is 9.13. The number of fused-ring (bicyclic) bond motifs is 1.